The van der Waals surface area contributed by atoms with Gasteiger partial charge in [0.15, 0.2) is 11.5 Å². The van der Waals surface area contributed by atoms with Gasteiger partial charge in [0.05, 0.1) is 19.1 Å². The molecule has 130 valence electrons. The minimum Gasteiger partial charge on any atom is -0.493 e. The zero-order valence-corrected chi connectivity index (χ0v) is 15.7. The summed E-state index contributed by atoms with van der Waals surface area (Å²) in [6, 6.07) is 13.7. The van der Waals surface area contributed by atoms with E-state index in [0.717, 1.165) is 37.5 Å². The normalized spacial score (nSPS) is 10.7. The molecule has 0 fully saturated rings. The lowest BCUT2D eigenvalue weighted by Gasteiger charge is -2.12. The monoisotopic (exact) mass is 374 g/mol. The highest BCUT2D eigenvalue weighted by Gasteiger charge is 2.10. The van der Waals surface area contributed by atoms with Gasteiger partial charge in [0.25, 0.3) is 0 Å². The van der Waals surface area contributed by atoms with E-state index in [9.17, 15) is 0 Å². The van der Waals surface area contributed by atoms with Crippen molar-refractivity contribution in [1.29, 1.82) is 0 Å². The van der Waals surface area contributed by atoms with Crippen molar-refractivity contribution in [3.63, 3.8) is 0 Å². The first kappa shape index (κ1) is 17.7. The molecule has 0 aliphatic carbocycles. The second-order valence-electron chi connectivity index (χ2n) is 5.38. The van der Waals surface area contributed by atoms with E-state index in [1.54, 1.807) is 25.6 Å². The number of aromatic nitrogens is 1. The smallest absolute Gasteiger partial charge is 0.165 e. The number of rotatable bonds is 7. The molecule has 4 nitrogen and oxygen atoms in total. The summed E-state index contributed by atoms with van der Waals surface area (Å²) in [7, 11) is 3.30. The first-order valence-electron chi connectivity index (χ1n) is 7.82. The van der Waals surface area contributed by atoms with Crippen molar-refractivity contribution in [3.8, 4) is 21.9 Å². The Labute approximate surface area is 156 Å². The SMILES string of the molecule is COc1cccc(CNCc2ncc(-c3ccc(Cl)cc3)s2)c1OC. The third-order valence-corrected chi connectivity index (χ3v) is 5.06. The highest BCUT2D eigenvalue weighted by Crippen LogP contribution is 2.31. The second-order valence-corrected chi connectivity index (χ2v) is 6.93. The number of para-hydroxylation sites is 1. The minimum absolute atomic E-state index is 0.677. The Hall–Kier alpha value is -2.08. The van der Waals surface area contributed by atoms with Crippen LogP contribution in [0.25, 0.3) is 10.4 Å². The van der Waals surface area contributed by atoms with E-state index in [2.05, 4.69) is 10.3 Å². The predicted molar refractivity (Wildman–Crippen MR) is 103 cm³/mol. The maximum absolute atomic E-state index is 5.94. The van der Waals surface area contributed by atoms with Gasteiger partial charge in [-0.15, -0.1) is 11.3 Å². The third kappa shape index (κ3) is 4.31. The Bertz CT molecular complexity index is 834. The standard InChI is InChI=1S/C19H19ClN2O2S/c1-23-16-5-3-4-14(19(16)24-2)10-21-12-18-22-11-17(25-18)13-6-8-15(20)9-7-13/h3-9,11,21H,10,12H2,1-2H3. The highest BCUT2D eigenvalue weighted by atomic mass is 35.5. The van der Waals surface area contributed by atoms with Crippen molar-refractivity contribution < 1.29 is 9.47 Å². The largest absolute Gasteiger partial charge is 0.493 e. The van der Waals surface area contributed by atoms with Crippen LogP contribution in [0.15, 0.2) is 48.7 Å². The van der Waals surface area contributed by atoms with Crippen molar-refractivity contribution >= 4 is 22.9 Å². The van der Waals surface area contributed by atoms with E-state index in [4.69, 9.17) is 21.1 Å². The van der Waals surface area contributed by atoms with Gasteiger partial charge in [-0.25, -0.2) is 4.98 Å². The molecule has 0 aliphatic rings. The van der Waals surface area contributed by atoms with Gasteiger partial charge >= 0.3 is 0 Å². The molecule has 1 N–H and O–H groups in total. The average Bonchev–Trinajstić information content (AvgIpc) is 3.11. The average molecular weight is 375 g/mol. The molecule has 0 bridgehead atoms. The Balaban J connectivity index is 1.63. The molecule has 0 amide bonds. The van der Waals surface area contributed by atoms with Crippen LogP contribution in [0.4, 0.5) is 0 Å². The number of nitrogens with one attached hydrogen (secondary N) is 1. The van der Waals surface area contributed by atoms with Crippen LogP contribution in [0.3, 0.4) is 0 Å². The molecule has 0 spiro atoms. The molecule has 2 aromatic carbocycles. The molecule has 0 radical (unpaired) electrons. The van der Waals surface area contributed by atoms with E-state index >= 15 is 0 Å². The maximum atomic E-state index is 5.94. The number of halogens is 1. The van der Waals surface area contributed by atoms with Crippen molar-refractivity contribution in [2.24, 2.45) is 0 Å². The number of hydrogen-bond acceptors (Lipinski definition) is 5. The molecule has 0 aliphatic heterocycles. The summed E-state index contributed by atoms with van der Waals surface area (Å²) in [6.45, 7) is 1.37. The third-order valence-electron chi connectivity index (χ3n) is 3.76. The Morgan fingerprint density at radius 1 is 1.04 bits per heavy atom. The van der Waals surface area contributed by atoms with Gasteiger partial charge in [-0.2, -0.15) is 0 Å². The Kier molecular flexibility index (Phi) is 5.91. The molecule has 1 heterocycles. The lowest BCUT2D eigenvalue weighted by Crippen LogP contribution is -2.13. The van der Waals surface area contributed by atoms with Crippen LogP contribution in [0.1, 0.15) is 10.6 Å². The van der Waals surface area contributed by atoms with Crippen LogP contribution in [0, 0.1) is 0 Å². The second kappa shape index (κ2) is 8.34. The summed E-state index contributed by atoms with van der Waals surface area (Å²) in [6.07, 6.45) is 1.90. The molecule has 0 saturated carbocycles. The number of nitrogens with zero attached hydrogens (tertiary/aromatic N) is 1. The van der Waals surface area contributed by atoms with Crippen LogP contribution >= 0.6 is 22.9 Å². The van der Waals surface area contributed by atoms with E-state index in [-0.39, 0.29) is 0 Å². The van der Waals surface area contributed by atoms with Gasteiger partial charge in [-0.3, -0.25) is 0 Å². The quantitative estimate of drug-likeness (QED) is 0.646. The van der Waals surface area contributed by atoms with Gasteiger partial charge in [-0.05, 0) is 23.8 Å². The summed E-state index contributed by atoms with van der Waals surface area (Å²) in [5.41, 5.74) is 2.18. The fourth-order valence-corrected chi connectivity index (χ4v) is 3.56. The summed E-state index contributed by atoms with van der Waals surface area (Å²) in [5.74, 6) is 1.50. The van der Waals surface area contributed by atoms with Gasteiger partial charge in [-0.1, -0.05) is 35.9 Å². The van der Waals surface area contributed by atoms with Crippen molar-refractivity contribution in [2.45, 2.75) is 13.1 Å². The molecule has 1 aromatic heterocycles. The van der Waals surface area contributed by atoms with E-state index < -0.39 is 0 Å². The first-order chi connectivity index (χ1) is 12.2. The van der Waals surface area contributed by atoms with Crippen molar-refractivity contribution in [2.75, 3.05) is 14.2 Å². The lowest BCUT2D eigenvalue weighted by atomic mass is 10.2. The van der Waals surface area contributed by atoms with Gasteiger partial charge < -0.3 is 14.8 Å². The zero-order valence-electron chi connectivity index (χ0n) is 14.1. The predicted octanol–water partition coefficient (Wildman–Crippen LogP) is 4.77. The number of ether oxygens (including phenoxy) is 2. The number of methoxy groups -OCH3 is 2. The van der Waals surface area contributed by atoms with E-state index in [1.165, 1.54) is 0 Å². The number of thiazole rings is 1. The maximum Gasteiger partial charge on any atom is 0.165 e. The summed E-state index contributed by atoms with van der Waals surface area (Å²) < 4.78 is 10.8. The fourth-order valence-electron chi connectivity index (χ4n) is 2.54. The molecule has 25 heavy (non-hydrogen) atoms. The van der Waals surface area contributed by atoms with Crippen LogP contribution in [-0.4, -0.2) is 19.2 Å². The summed E-state index contributed by atoms with van der Waals surface area (Å²) in [4.78, 5) is 5.62. The first-order valence-corrected chi connectivity index (χ1v) is 9.02. The zero-order chi connectivity index (χ0) is 17.6. The summed E-state index contributed by atoms with van der Waals surface area (Å²) >= 11 is 7.61. The topological polar surface area (TPSA) is 43.4 Å². The molecule has 3 rings (SSSR count). The molecular weight excluding hydrogens is 356 g/mol. The van der Waals surface area contributed by atoms with Crippen LogP contribution in [0.2, 0.25) is 5.02 Å². The van der Waals surface area contributed by atoms with Crippen LogP contribution < -0.4 is 14.8 Å². The van der Waals surface area contributed by atoms with Crippen molar-refractivity contribution in [3.05, 3.63) is 64.3 Å². The highest BCUT2D eigenvalue weighted by molar-refractivity contribution is 7.15. The molecule has 0 saturated heterocycles. The molecule has 0 unspecified atom stereocenters. The van der Waals surface area contributed by atoms with Crippen LogP contribution in [0.5, 0.6) is 11.5 Å². The molecule has 6 heteroatoms. The Morgan fingerprint density at radius 2 is 1.84 bits per heavy atom. The number of hydrogen-bond donors (Lipinski definition) is 1. The molecular formula is C19H19ClN2O2S. The van der Waals surface area contributed by atoms with Crippen molar-refractivity contribution in [1.82, 2.24) is 10.3 Å². The van der Waals surface area contributed by atoms with E-state index in [0.29, 0.717) is 13.1 Å². The fraction of sp³-hybridized carbons (Fsp3) is 0.211. The minimum atomic E-state index is 0.677. The Morgan fingerprint density at radius 3 is 2.56 bits per heavy atom. The van der Waals surface area contributed by atoms with Gasteiger partial charge in [0.2, 0.25) is 0 Å². The van der Waals surface area contributed by atoms with Gasteiger partial charge in [0.1, 0.15) is 5.01 Å². The molecule has 0 atom stereocenters. The number of benzene rings is 2. The van der Waals surface area contributed by atoms with Crippen LogP contribution in [-0.2, 0) is 13.1 Å². The van der Waals surface area contributed by atoms with E-state index in [1.807, 2.05) is 48.7 Å². The molecule has 3 aromatic rings. The summed E-state index contributed by atoms with van der Waals surface area (Å²) in [5, 5.41) is 5.18. The van der Waals surface area contributed by atoms with Gasteiger partial charge in [0, 0.05) is 29.9 Å². The lowest BCUT2D eigenvalue weighted by molar-refractivity contribution is 0.350.